The second-order valence-corrected chi connectivity index (χ2v) is 16.8. The molecule has 0 aliphatic heterocycles. The molecule has 8 fully saturated rings. The van der Waals surface area contributed by atoms with E-state index in [0.717, 1.165) is 23.7 Å². The first-order valence-corrected chi connectivity index (χ1v) is 16.7. The van der Waals surface area contributed by atoms with Gasteiger partial charge >= 0.3 is 0 Å². The van der Waals surface area contributed by atoms with Gasteiger partial charge in [0.15, 0.2) is 0 Å². The van der Waals surface area contributed by atoms with Gasteiger partial charge in [0.05, 0.1) is 0 Å². The van der Waals surface area contributed by atoms with Crippen molar-refractivity contribution in [2.45, 2.75) is 132 Å². The first-order valence-electron chi connectivity index (χ1n) is 16.7. The van der Waals surface area contributed by atoms with E-state index in [9.17, 15) is 0 Å². The molecule has 8 aliphatic carbocycles. The predicted molar refractivity (Wildman–Crippen MR) is 174 cm³/mol. The Morgan fingerprint density at radius 2 is 0.585 bits per heavy atom. The molecule has 0 aromatic heterocycles. The predicted octanol–water partition coefficient (Wildman–Crippen LogP) is 11.8. The first kappa shape index (κ1) is 33.4. The van der Waals surface area contributed by atoms with Crippen LogP contribution in [0.5, 0.6) is 0 Å². The molecule has 8 bridgehead atoms. The molecule has 0 saturated heterocycles. The second-order valence-electron chi connectivity index (χ2n) is 16.8. The number of allylic oxidation sites excluding steroid dienone is 4. The van der Waals surface area contributed by atoms with Gasteiger partial charge in [0.2, 0.25) is 0 Å². The summed E-state index contributed by atoms with van der Waals surface area (Å²) < 4.78 is 0. The molecule has 0 nitrogen and oxygen atoms in total. The topological polar surface area (TPSA) is 0 Å². The van der Waals surface area contributed by atoms with Crippen LogP contribution in [0.3, 0.4) is 0 Å². The van der Waals surface area contributed by atoms with Crippen molar-refractivity contribution in [2.24, 2.45) is 45.3 Å². The van der Waals surface area contributed by atoms with Gasteiger partial charge in [0, 0.05) is 17.1 Å². The smallest absolute Gasteiger partial charge is 0 e. The van der Waals surface area contributed by atoms with E-state index < -0.39 is 0 Å². The van der Waals surface area contributed by atoms with E-state index in [0.29, 0.717) is 21.7 Å². The normalized spacial score (nSPS) is 36.5. The number of fused-ring (bicyclic) bond motifs is 8. The van der Waals surface area contributed by atoms with Crippen molar-refractivity contribution >= 4 is 0 Å². The fraction of sp³-hybridized carbons (Fsp3) is 0.700. The number of hydrogen-bond donors (Lipinski definition) is 0. The Labute approximate surface area is 266 Å². The fourth-order valence-electron chi connectivity index (χ4n) is 9.81. The van der Waals surface area contributed by atoms with E-state index >= 15 is 0 Å². The van der Waals surface area contributed by atoms with Crippen molar-refractivity contribution in [1.29, 1.82) is 0 Å². The van der Waals surface area contributed by atoms with Gasteiger partial charge in [0.1, 0.15) is 0 Å². The zero-order valence-corrected chi connectivity index (χ0v) is 29.2. The average molecular weight is 596 g/mol. The molecule has 1 heteroatoms. The third-order valence-electron chi connectivity index (χ3n) is 13.9. The molecule has 0 N–H and O–H groups in total. The second kappa shape index (κ2) is 11.4. The molecule has 0 heterocycles. The van der Waals surface area contributed by atoms with E-state index in [1.165, 1.54) is 99.3 Å². The van der Waals surface area contributed by atoms with Gasteiger partial charge < -0.3 is 23.7 Å². The van der Waals surface area contributed by atoms with Crippen LogP contribution in [0.25, 0.3) is 0 Å². The van der Waals surface area contributed by atoms with Crippen molar-refractivity contribution in [1.82, 2.24) is 0 Å². The standard InChI is InChI=1S/4C10H15.Mn/c4*1-7-8-4-5-9(6-8)10(7,2)3;/h4*8H,1,4-6H2,2-3H3;/q4*-1;. The minimum atomic E-state index is 0. The summed E-state index contributed by atoms with van der Waals surface area (Å²) in [6.45, 7) is 35.3. The van der Waals surface area contributed by atoms with Gasteiger partial charge in [-0.1, -0.05) is 105 Å². The Morgan fingerprint density at radius 3 is 0.659 bits per heavy atom. The van der Waals surface area contributed by atoms with Gasteiger partial charge in [-0.2, -0.15) is 51.4 Å². The van der Waals surface area contributed by atoms with Crippen molar-refractivity contribution in [3.05, 3.63) is 72.3 Å². The SMILES string of the molecule is C=C1C2CC[C-](C2)C1(C)C.C=C1C2CC[C-](C2)C1(C)C.C=C1C2CC[C-](C2)C1(C)C.C=C1C2CC[C-](C2)C1(C)C.[Mn]. The summed E-state index contributed by atoms with van der Waals surface area (Å²) in [5, 5.41) is 0. The fourth-order valence-corrected chi connectivity index (χ4v) is 9.81. The van der Waals surface area contributed by atoms with Crippen LogP contribution in [0, 0.1) is 69.0 Å². The maximum absolute atomic E-state index is 4.17. The van der Waals surface area contributed by atoms with Crippen molar-refractivity contribution in [2.75, 3.05) is 0 Å². The number of hydrogen-bond acceptors (Lipinski definition) is 0. The van der Waals surface area contributed by atoms with Gasteiger partial charge in [-0.3, -0.25) is 0 Å². The molecule has 8 saturated carbocycles. The quantitative estimate of drug-likeness (QED) is 0.148. The summed E-state index contributed by atoms with van der Waals surface area (Å²) in [4.78, 5) is 0. The first-order chi connectivity index (χ1) is 18.5. The van der Waals surface area contributed by atoms with Crippen LogP contribution >= 0.6 is 0 Å². The molecule has 8 aliphatic rings. The Kier molecular flexibility index (Phi) is 9.31. The van der Waals surface area contributed by atoms with Crippen molar-refractivity contribution in [3.8, 4) is 0 Å². The summed E-state index contributed by atoms with van der Waals surface area (Å²) in [6, 6.07) is 0. The van der Waals surface area contributed by atoms with E-state index in [-0.39, 0.29) is 17.1 Å². The van der Waals surface area contributed by atoms with Gasteiger partial charge in [-0.05, 0) is 0 Å². The molecule has 4 unspecified atom stereocenters. The molecular weight excluding hydrogens is 535 g/mol. The summed E-state index contributed by atoms with van der Waals surface area (Å²) in [6.07, 6.45) is 16.4. The Morgan fingerprint density at radius 1 is 0.415 bits per heavy atom. The van der Waals surface area contributed by atoms with E-state index in [2.05, 4.69) is 81.7 Å². The third-order valence-corrected chi connectivity index (χ3v) is 13.9. The van der Waals surface area contributed by atoms with E-state index in [4.69, 9.17) is 0 Å². The molecule has 0 spiro atoms. The van der Waals surface area contributed by atoms with Gasteiger partial charge in [-0.25, -0.2) is 0 Å². The van der Waals surface area contributed by atoms with Crippen molar-refractivity contribution < 1.29 is 17.1 Å². The van der Waals surface area contributed by atoms with Crippen LogP contribution in [0.4, 0.5) is 0 Å². The third kappa shape index (κ3) is 5.60. The Balaban J connectivity index is 0.000000125. The summed E-state index contributed by atoms with van der Waals surface area (Å²) in [5.41, 5.74) is 7.54. The monoisotopic (exact) mass is 595 g/mol. The maximum atomic E-state index is 4.17. The van der Waals surface area contributed by atoms with Crippen LogP contribution < -0.4 is 0 Å². The molecule has 4 atom stereocenters. The van der Waals surface area contributed by atoms with Crippen LogP contribution in [-0.2, 0) is 17.1 Å². The zero-order valence-electron chi connectivity index (χ0n) is 28.0. The van der Waals surface area contributed by atoms with E-state index in [1.807, 2.05) is 0 Å². The minimum absolute atomic E-state index is 0. The van der Waals surface area contributed by atoms with Crippen molar-refractivity contribution in [3.63, 3.8) is 0 Å². The number of rotatable bonds is 0. The molecule has 0 aromatic rings. The van der Waals surface area contributed by atoms with Crippen LogP contribution in [0.2, 0.25) is 0 Å². The zero-order chi connectivity index (χ0) is 29.4. The Bertz CT molecular complexity index is 881. The summed E-state index contributed by atoms with van der Waals surface area (Å²) in [5.74, 6) is 10.4. The van der Waals surface area contributed by atoms with Crippen LogP contribution in [-0.4, -0.2) is 0 Å². The molecule has 0 amide bonds. The molecular formula is C40H60Mn-4. The van der Waals surface area contributed by atoms with Gasteiger partial charge in [0.25, 0.3) is 0 Å². The molecule has 41 heavy (non-hydrogen) atoms. The summed E-state index contributed by atoms with van der Waals surface area (Å²) in [7, 11) is 0. The largest absolute Gasteiger partial charge is 0.304 e. The molecule has 8 rings (SSSR count). The van der Waals surface area contributed by atoms with Crippen LogP contribution in [0.1, 0.15) is 132 Å². The Hall–Kier alpha value is -0.521. The molecule has 0 aromatic carbocycles. The minimum Gasteiger partial charge on any atom is -0.304 e. The molecule has 231 valence electrons. The molecule has 1 radical (unpaired) electrons. The van der Waals surface area contributed by atoms with Gasteiger partial charge in [-0.15, -0.1) is 70.3 Å². The van der Waals surface area contributed by atoms with Crippen LogP contribution in [0.15, 0.2) is 48.6 Å². The average Bonchev–Trinajstić information content (AvgIpc) is 3.74. The van der Waals surface area contributed by atoms with E-state index in [1.54, 1.807) is 23.7 Å². The maximum Gasteiger partial charge on any atom is 0 e. The summed E-state index contributed by atoms with van der Waals surface area (Å²) >= 11 is 0.